The van der Waals surface area contributed by atoms with Crippen LogP contribution in [0.3, 0.4) is 0 Å². The number of benzene rings is 1. The lowest BCUT2D eigenvalue weighted by Crippen LogP contribution is -2.14. The summed E-state index contributed by atoms with van der Waals surface area (Å²) in [5.74, 6) is 0.169. The zero-order chi connectivity index (χ0) is 12.3. The highest BCUT2D eigenvalue weighted by molar-refractivity contribution is 5.80. The summed E-state index contributed by atoms with van der Waals surface area (Å²) in [6, 6.07) is 5.32. The van der Waals surface area contributed by atoms with E-state index < -0.39 is 0 Å². The summed E-state index contributed by atoms with van der Waals surface area (Å²) >= 11 is 0. The van der Waals surface area contributed by atoms with Gasteiger partial charge in [0.2, 0.25) is 0 Å². The SMILES string of the molecule is CCOC(=O)COc1ccc2c(C)noc2c1. The van der Waals surface area contributed by atoms with Crippen LogP contribution in [0.1, 0.15) is 12.6 Å². The van der Waals surface area contributed by atoms with Gasteiger partial charge in [-0.3, -0.25) is 0 Å². The van der Waals surface area contributed by atoms with Crippen LogP contribution in [-0.2, 0) is 9.53 Å². The summed E-state index contributed by atoms with van der Waals surface area (Å²) in [5, 5.41) is 4.78. The van der Waals surface area contributed by atoms with E-state index in [1.54, 1.807) is 19.1 Å². The second-order valence-corrected chi connectivity index (χ2v) is 3.52. The van der Waals surface area contributed by atoms with E-state index in [9.17, 15) is 4.79 Å². The largest absolute Gasteiger partial charge is 0.482 e. The molecule has 0 aliphatic rings. The predicted octanol–water partition coefficient (Wildman–Crippen LogP) is 2.08. The lowest BCUT2D eigenvalue weighted by molar-refractivity contribution is -0.145. The molecule has 0 saturated heterocycles. The number of fused-ring (bicyclic) bond motifs is 1. The molecule has 0 aliphatic carbocycles. The van der Waals surface area contributed by atoms with Crippen molar-refractivity contribution in [1.29, 1.82) is 0 Å². The van der Waals surface area contributed by atoms with E-state index in [1.165, 1.54) is 0 Å². The molecule has 1 heterocycles. The van der Waals surface area contributed by atoms with Gasteiger partial charge in [-0.25, -0.2) is 4.79 Å². The standard InChI is InChI=1S/C12H13NO4/c1-3-15-12(14)7-16-9-4-5-10-8(2)13-17-11(10)6-9/h4-6H,3,7H2,1-2H3. The zero-order valence-corrected chi connectivity index (χ0v) is 9.73. The molecule has 1 aromatic heterocycles. The van der Waals surface area contributed by atoms with Gasteiger partial charge >= 0.3 is 5.97 Å². The summed E-state index contributed by atoms with van der Waals surface area (Å²) < 4.78 is 15.1. The van der Waals surface area contributed by atoms with Gasteiger partial charge in [-0.05, 0) is 26.0 Å². The first-order valence-electron chi connectivity index (χ1n) is 5.35. The molecule has 0 radical (unpaired) electrons. The third kappa shape index (κ3) is 2.55. The fraction of sp³-hybridized carbons (Fsp3) is 0.333. The van der Waals surface area contributed by atoms with Crippen molar-refractivity contribution in [2.45, 2.75) is 13.8 Å². The van der Waals surface area contributed by atoms with Crippen molar-refractivity contribution in [3.8, 4) is 5.75 Å². The van der Waals surface area contributed by atoms with E-state index in [0.29, 0.717) is 17.9 Å². The highest BCUT2D eigenvalue weighted by atomic mass is 16.6. The van der Waals surface area contributed by atoms with E-state index >= 15 is 0 Å². The van der Waals surface area contributed by atoms with E-state index in [-0.39, 0.29) is 12.6 Å². The molecule has 90 valence electrons. The maximum Gasteiger partial charge on any atom is 0.344 e. The Morgan fingerprint density at radius 1 is 1.47 bits per heavy atom. The van der Waals surface area contributed by atoms with Crippen molar-refractivity contribution in [3.63, 3.8) is 0 Å². The molecular weight excluding hydrogens is 222 g/mol. The Morgan fingerprint density at radius 2 is 2.29 bits per heavy atom. The van der Waals surface area contributed by atoms with Crippen molar-refractivity contribution in [3.05, 3.63) is 23.9 Å². The molecule has 2 aromatic rings. The van der Waals surface area contributed by atoms with Crippen LogP contribution >= 0.6 is 0 Å². The van der Waals surface area contributed by atoms with E-state index in [4.69, 9.17) is 14.0 Å². The summed E-state index contributed by atoms with van der Waals surface area (Å²) in [6.07, 6.45) is 0. The number of carbonyl (C=O) groups is 1. The smallest absolute Gasteiger partial charge is 0.344 e. The second kappa shape index (κ2) is 4.86. The molecule has 0 unspecified atom stereocenters. The Morgan fingerprint density at radius 3 is 3.06 bits per heavy atom. The molecule has 1 aromatic carbocycles. The van der Waals surface area contributed by atoms with Crippen LogP contribution in [0.15, 0.2) is 22.7 Å². The van der Waals surface area contributed by atoms with Crippen molar-refractivity contribution < 1.29 is 18.8 Å². The molecule has 0 bridgehead atoms. The van der Waals surface area contributed by atoms with Crippen LogP contribution in [0.25, 0.3) is 11.0 Å². The monoisotopic (exact) mass is 235 g/mol. The van der Waals surface area contributed by atoms with Crippen molar-refractivity contribution in [2.75, 3.05) is 13.2 Å². The van der Waals surface area contributed by atoms with Crippen LogP contribution in [0.2, 0.25) is 0 Å². The Kier molecular flexibility index (Phi) is 3.27. The minimum atomic E-state index is -0.388. The van der Waals surface area contributed by atoms with Crippen LogP contribution in [0.5, 0.6) is 5.75 Å². The van der Waals surface area contributed by atoms with Crippen molar-refractivity contribution >= 4 is 16.9 Å². The summed E-state index contributed by atoms with van der Waals surface area (Å²) in [6.45, 7) is 3.86. The molecule has 0 atom stereocenters. The number of ether oxygens (including phenoxy) is 2. The van der Waals surface area contributed by atoms with Gasteiger partial charge < -0.3 is 14.0 Å². The second-order valence-electron chi connectivity index (χ2n) is 3.52. The fourth-order valence-corrected chi connectivity index (χ4v) is 1.48. The van der Waals surface area contributed by atoms with Crippen LogP contribution < -0.4 is 4.74 Å². The summed E-state index contributed by atoms with van der Waals surface area (Å²) in [5.41, 5.74) is 1.47. The van der Waals surface area contributed by atoms with E-state index in [1.807, 2.05) is 13.0 Å². The number of aryl methyl sites for hydroxylation is 1. The number of hydrogen-bond acceptors (Lipinski definition) is 5. The Balaban J connectivity index is 2.07. The third-order valence-electron chi connectivity index (χ3n) is 2.29. The highest BCUT2D eigenvalue weighted by Crippen LogP contribution is 2.23. The minimum absolute atomic E-state index is 0.105. The lowest BCUT2D eigenvalue weighted by atomic mass is 10.2. The fourth-order valence-electron chi connectivity index (χ4n) is 1.48. The van der Waals surface area contributed by atoms with Gasteiger partial charge in [-0.1, -0.05) is 5.16 Å². The first-order valence-corrected chi connectivity index (χ1v) is 5.35. The lowest BCUT2D eigenvalue weighted by Gasteiger charge is -2.04. The highest BCUT2D eigenvalue weighted by Gasteiger charge is 2.07. The molecule has 5 nitrogen and oxygen atoms in total. The molecule has 17 heavy (non-hydrogen) atoms. The number of hydrogen-bond donors (Lipinski definition) is 0. The minimum Gasteiger partial charge on any atom is -0.482 e. The number of nitrogens with zero attached hydrogens (tertiary/aromatic N) is 1. The van der Waals surface area contributed by atoms with E-state index in [2.05, 4.69) is 5.16 Å². The quantitative estimate of drug-likeness (QED) is 0.759. The molecule has 0 aliphatic heterocycles. The van der Waals surface area contributed by atoms with Crippen LogP contribution in [0, 0.1) is 6.92 Å². The topological polar surface area (TPSA) is 61.6 Å². The molecule has 0 N–H and O–H groups in total. The molecule has 0 amide bonds. The van der Waals surface area contributed by atoms with Gasteiger partial charge in [0.05, 0.1) is 12.3 Å². The van der Waals surface area contributed by atoms with Crippen molar-refractivity contribution in [1.82, 2.24) is 5.16 Å². The molecule has 5 heteroatoms. The van der Waals surface area contributed by atoms with Crippen molar-refractivity contribution in [2.24, 2.45) is 0 Å². The molecular formula is C12H13NO4. The average Bonchev–Trinajstić information content (AvgIpc) is 2.69. The third-order valence-corrected chi connectivity index (χ3v) is 2.29. The van der Waals surface area contributed by atoms with Gasteiger partial charge in [0, 0.05) is 11.5 Å². The Bertz CT molecular complexity index is 532. The first kappa shape index (κ1) is 11.4. The summed E-state index contributed by atoms with van der Waals surface area (Å²) in [4.78, 5) is 11.1. The van der Waals surface area contributed by atoms with Gasteiger partial charge in [0.15, 0.2) is 12.2 Å². The molecule has 0 spiro atoms. The van der Waals surface area contributed by atoms with Gasteiger partial charge in [-0.2, -0.15) is 0 Å². The van der Waals surface area contributed by atoms with Gasteiger partial charge in [0.25, 0.3) is 0 Å². The average molecular weight is 235 g/mol. The maximum atomic E-state index is 11.1. The number of aromatic nitrogens is 1. The summed E-state index contributed by atoms with van der Waals surface area (Å²) in [7, 11) is 0. The normalized spacial score (nSPS) is 10.5. The van der Waals surface area contributed by atoms with Gasteiger partial charge in [-0.15, -0.1) is 0 Å². The molecule has 0 saturated carbocycles. The Labute approximate surface area is 98.3 Å². The van der Waals surface area contributed by atoms with Gasteiger partial charge in [0.1, 0.15) is 5.75 Å². The number of esters is 1. The number of rotatable bonds is 4. The molecule has 0 fully saturated rings. The first-order chi connectivity index (χ1) is 8.20. The number of carbonyl (C=O) groups excluding carboxylic acids is 1. The maximum absolute atomic E-state index is 11.1. The zero-order valence-electron chi connectivity index (χ0n) is 9.73. The predicted molar refractivity (Wildman–Crippen MR) is 60.9 cm³/mol. The van der Waals surface area contributed by atoms with Crippen LogP contribution in [0.4, 0.5) is 0 Å². The molecule has 2 rings (SSSR count). The Hall–Kier alpha value is -2.04. The van der Waals surface area contributed by atoms with E-state index in [0.717, 1.165) is 11.1 Å². The van der Waals surface area contributed by atoms with Crippen LogP contribution in [-0.4, -0.2) is 24.3 Å².